The highest BCUT2D eigenvalue weighted by Gasteiger charge is 2.14. The van der Waals surface area contributed by atoms with Crippen molar-refractivity contribution in [2.24, 2.45) is 0 Å². The quantitative estimate of drug-likeness (QED) is 0.688. The lowest BCUT2D eigenvalue weighted by Crippen LogP contribution is -3.08. The molecule has 2 N–H and O–H groups in total. The highest BCUT2D eigenvalue weighted by atomic mass is 16.5. The summed E-state index contributed by atoms with van der Waals surface area (Å²) >= 11 is 0. The average Bonchev–Trinajstić information content (AvgIpc) is 2.61. The number of carbonyl (C=O) groups is 1. The van der Waals surface area contributed by atoms with E-state index in [-0.39, 0.29) is 11.9 Å². The molecule has 2 atom stereocenters. The zero-order chi connectivity index (χ0) is 18.1. The fraction of sp³-hybridized carbons (Fsp3) is 0.286. The van der Waals surface area contributed by atoms with E-state index < -0.39 is 0 Å². The van der Waals surface area contributed by atoms with Gasteiger partial charge < -0.3 is 15.0 Å². The van der Waals surface area contributed by atoms with Crippen LogP contribution >= 0.6 is 0 Å². The smallest absolute Gasteiger partial charge is 0.275 e. The van der Waals surface area contributed by atoms with Crippen molar-refractivity contribution in [1.29, 1.82) is 0 Å². The summed E-state index contributed by atoms with van der Waals surface area (Å²) in [4.78, 5) is 13.4. The summed E-state index contributed by atoms with van der Waals surface area (Å²) in [6.07, 6.45) is 1.72. The third-order valence-corrected chi connectivity index (χ3v) is 3.94. The Kier molecular flexibility index (Phi) is 7.23. The minimum Gasteiger partial charge on any atom is -0.490 e. The normalized spacial score (nSPS) is 12.9. The van der Waals surface area contributed by atoms with Crippen molar-refractivity contribution in [3.05, 3.63) is 78.4 Å². The van der Waals surface area contributed by atoms with Gasteiger partial charge in [-0.15, -0.1) is 0 Å². The molecule has 0 aromatic heterocycles. The minimum absolute atomic E-state index is 0.0165. The summed E-state index contributed by atoms with van der Waals surface area (Å²) in [5.74, 6) is 0.885. The van der Waals surface area contributed by atoms with Crippen molar-refractivity contribution < 1.29 is 14.4 Å². The lowest BCUT2D eigenvalue weighted by Gasteiger charge is -2.17. The first kappa shape index (κ1) is 18.7. The molecule has 0 saturated carbocycles. The number of rotatable bonds is 9. The van der Waals surface area contributed by atoms with Crippen molar-refractivity contribution in [2.45, 2.75) is 19.5 Å². The molecule has 4 nitrogen and oxygen atoms in total. The molecule has 1 unspecified atom stereocenters. The molecule has 0 heterocycles. The van der Waals surface area contributed by atoms with Crippen molar-refractivity contribution in [2.75, 3.05) is 20.2 Å². The van der Waals surface area contributed by atoms with E-state index in [9.17, 15) is 4.79 Å². The van der Waals surface area contributed by atoms with Gasteiger partial charge in [0.05, 0.1) is 13.1 Å². The van der Waals surface area contributed by atoms with E-state index in [4.69, 9.17) is 4.74 Å². The molecule has 0 saturated heterocycles. The van der Waals surface area contributed by atoms with Crippen LogP contribution < -0.4 is 15.0 Å². The summed E-state index contributed by atoms with van der Waals surface area (Å²) in [6, 6.07) is 18.0. The van der Waals surface area contributed by atoms with Crippen LogP contribution in [-0.2, 0) is 11.3 Å². The summed E-state index contributed by atoms with van der Waals surface area (Å²) in [7, 11) is 2.02. The molecule has 0 aliphatic rings. The van der Waals surface area contributed by atoms with Crippen LogP contribution in [0.1, 0.15) is 24.1 Å². The molecule has 0 radical (unpaired) electrons. The first-order chi connectivity index (χ1) is 12.1. The zero-order valence-electron chi connectivity index (χ0n) is 15.0. The third kappa shape index (κ3) is 6.43. The third-order valence-electron chi connectivity index (χ3n) is 3.94. The van der Waals surface area contributed by atoms with Gasteiger partial charge in [0.1, 0.15) is 18.9 Å². The van der Waals surface area contributed by atoms with Crippen LogP contribution in [0.5, 0.6) is 5.75 Å². The monoisotopic (exact) mass is 339 g/mol. The molecule has 2 aromatic rings. The van der Waals surface area contributed by atoms with Gasteiger partial charge in [0, 0.05) is 5.56 Å². The van der Waals surface area contributed by atoms with Gasteiger partial charge >= 0.3 is 0 Å². The second-order valence-corrected chi connectivity index (χ2v) is 6.25. The van der Waals surface area contributed by atoms with Crippen LogP contribution in [0, 0.1) is 0 Å². The Morgan fingerprint density at radius 2 is 1.88 bits per heavy atom. The second kappa shape index (κ2) is 9.64. The highest BCUT2D eigenvalue weighted by molar-refractivity contribution is 5.77. The van der Waals surface area contributed by atoms with Gasteiger partial charge in [0.15, 0.2) is 6.54 Å². The van der Waals surface area contributed by atoms with E-state index in [2.05, 4.69) is 11.9 Å². The number of quaternary nitrogens is 1. The van der Waals surface area contributed by atoms with E-state index >= 15 is 0 Å². The van der Waals surface area contributed by atoms with Gasteiger partial charge in [-0.25, -0.2) is 0 Å². The first-order valence-corrected chi connectivity index (χ1v) is 8.56. The van der Waals surface area contributed by atoms with Crippen LogP contribution in [0.2, 0.25) is 0 Å². The molecule has 0 spiro atoms. The maximum Gasteiger partial charge on any atom is 0.275 e. The van der Waals surface area contributed by atoms with Crippen molar-refractivity contribution in [3.63, 3.8) is 0 Å². The number of carbonyl (C=O) groups excluding carboxylic acids is 1. The Hall–Kier alpha value is -2.59. The Labute approximate surface area is 150 Å². The zero-order valence-corrected chi connectivity index (χ0v) is 15.0. The molecule has 25 heavy (non-hydrogen) atoms. The van der Waals surface area contributed by atoms with E-state index in [0.29, 0.717) is 13.2 Å². The first-order valence-electron chi connectivity index (χ1n) is 8.56. The van der Waals surface area contributed by atoms with Crippen molar-refractivity contribution in [3.8, 4) is 5.75 Å². The lowest BCUT2D eigenvalue weighted by atomic mass is 10.1. The number of benzene rings is 2. The predicted octanol–water partition coefficient (Wildman–Crippen LogP) is 2.14. The molecular formula is C21H27N2O2+. The van der Waals surface area contributed by atoms with Gasteiger partial charge in [-0.3, -0.25) is 4.79 Å². The Morgan fingerprint density at radius 3 is 2.52 bits per heavy atom. The standard InChI is InChI=1S/C21H26N2O2/c1-4-14-25-20-12-10-18(11-13-20)15-23(3)16-21(24)22-17(2)19-8-6-5-7-9-19/h4-13,17H,1,14-16H2,2-3H3,(H,22,24)/p+1/t17-/m0/s1. The van der Waals surface area contributed by atoms with Crippen LogP contribution in [0.3, 0.4) is 0 Å². The predicted molar refractivity (Wildman–Crippen MR) is 101 cm³/mol. The Bertz CT molecular complexity index is 668. The summed E-state index contributed by atoms with van der Waals surface area (Å²) in [6.45, 7) is 7.37. The number of ether oxygens (including phenoxy) is 1. The lowest BCUT2D eigenvalue weighted by molar-refractivity contribution is -0.885. The number of likely N-dealkylation sites (N-methyl/N-ethyl adjacent to an activating group) is 1. The topological polar surface area (TPSA) is 42.8 Å². The van der Waals surface area contributed by atoms with Gasteiger partial charge in [-0.2, -0.15) is 0 Å². The number of hydrogen-bond acceptors (Lipinski definition) is 2. The molecule has 0 aliphatic carbocycles. The molecule has 0 fully saturated rings. The van der Waals surface area contributed by atoms with Crippen molar-refractivity contribution >= 4 is 5.91 Å². The van der Waals surface area contributed by atoms with Gasteiger partial charge in [0.2, 0.25) is 0 Å². The van der Waals surface area contributed by atoms with E-state index in [0.717, 1.165) is 22.8 Å². The SMILES string of the molecule is C=CCOc1ccc(C[NH+](C)CC(=O)N[C@@H](C)c2ccccc2)cc1. The molecule has 1 amide bonds. The molecule has 0 aliphatic heterocycles. The average molecular weight is 339 g/mol. The molecule has 2 aromatic carbocycles. The fourth-order valence-electron chi connectivity index (χ4n) is 2.66. The van der Waals surface area contributed by atoms with E-state index in [1.165, 1.54) is 5.56 Å². The Morgan fingerprint density at radius 1 is 1.20 bits per heavy atom. The summed E-state index contributed by atoms with van der Waals surface area (Å²) in [5, 5.41) is 3.06. The van der Waals surface area contributed by atoms with Crippen LogP contribution in [0.15, 0.2) is 67.3 Å². The van der Waals surface area contributed by atoms with E-state index in [1.807, 2.05) is 68.6 Å². The van der Waals surface area contributed by atoms with Crippen LogP contribution in [0.4, 0.5) is 0 Å². The molecule has 132 valence electrons. The summed E-state index contributed by atoms with van der Waals surface area (Å²) < 4.78 is 5.48. The highest BCUT2D eigenvalue weighted by Crippen LogP contribution is 2.12. The Balaban J connectivity index is 1.80. The fourth-order valence-corrected chi connectivity index (χ4v) is 2.66. The maximum atomic E-state index is 12.2. The van der Waals surface area contributed by atoms with Gasteiger partial charge in [-0.1, -0.05) is 43.0 Å². The number of hydrogen-bond donors (Lipinski definition) is 2. The molecular weight excluding hydrogens is 312 g/mol. The maximum absolute atomic E-state index is 12.2. The van der Waals surface area contributed by atoms with E-state index in [1.54, 1.807) is 6.08 Å². The van der Waals surface area contributed by atoms with Crippen molar-refractivity contribution in [1.82, 2.24) is 5.32 Å². The largest absolute Gasteiger partial charge is 0.490 e. The van der Waals surface area contributed by atoms with Crippen LogP contribution in [-0.4, -0.2) is 26.1 Å². The van der Waals surface area contributed by atoms with Gasteiger partial charge in [0.25, 0.3) is 5.91 Å². The number of amides is 1. The summed E-state index contributed by atoms with van der Waals surface area (Å²) in [5.41, 5.74) is 2.29. The molecule has 0 bridgehead atoms. The second-order valence-electron chi connectivity index (χ2n) is 6.25. The minimum atomic E-state index is 0.0165. The van der Waals surface area contributed by atoms with Crippen LogP contribution in [0.25, 0.3) is 0 Å². The molecule has 2 rings (SSSR count). The van der Waals surface area contributed by atoms with Gasteiger partial charge in [-0.05, 0) is 36.8 Å². The number of nitrogens with one attached hydrogen (secondary N) is 2. The molecule has 4 heteroatoms.